The first-order chi connectivity index (χ1) is 15.8. The summed E-state index contributed by atoms with van der Waals surface area (Å²) in [5.41, 5.74) is 7.06. The Kier molecular flexibility index (Phi) is 5.29. The minimum Gasteiger partial charge on any atom is -0.478 e. The van der Waals surface area contributed by atoms with E-state index in [4.69, 9.17) is 14.2 Å². The molecule has 1 aliphatic heterocycles. The number of nitrogens with zero attached hydrogens (tertiary/aromatic N) is 3. The molecule has 0 unspecified atom stereocenters. The lowest BCUT2D eigenvalue weighted by molar-refractivity contribution is 0.0161. The molecular weight excluding hydrogens is 418 g/mol. The maximum Gasteiger partial charge on any atom is 0.335 e. The number of hydrogen-bond donors (Lipinski definition) is 1. The van der Waals surface area contributed by atoms with Gasteiger partial charge in [-0.2, -0.15) is 0 Å². The van der Waals surface area contributed by atoms with E-state index in [0.29, 0.717) is 0 Å². The second-order valence-electron chi connectivity index (χ2n) is 9.27. The SMILES string of the molecule is Cc1noc(C)c1-c1cnc2c(-c3ccc(C(=O)O)cc3)cn(CC3(C)CCOCC3)c2c1. The quantitative estimate of drug-likeness (QED) is 0.437. The van der Waals surface area contributed by atoms with Gasteiger partial charge < -0.3 is 18.9 Å². The van der Waals surface area contributed by atoms with Gasteiger partial charge in [0, 0.05) is 48.8 Å². The number of carboxylic acids is 1. The van der Waals surface area contributed by atoms with Crippen LogP contribution in [0.5, 0.6) is 0 Å². The summed E-state index contributed by atoms with van der Waals surface area (Å²) in [7, 11) is 0. The molecule has 0 aliphatic carbocycles. The second-order valence-corrected chi connectivity index (χ2v) is 9.27. The molecule has 0 amide bonds. The lowest BCUT2D eigenvalue weighted by atomic mass is 9.82. The summed E-state index contributed by atoms with van der Waals surface area (Å²) in [6, 6.07) is 9.13. The molecule has 5 rings (SSSR count). The monoisotopic (exact) mass is 445 g/mol. The Morgan fingerprint density at radius 3 is 2.52 bits per heavy atom. The molecule has 1 saturated heterocycles. The molecule has 1 fully saturated rings. The first-order valence-corrected chi connectivity index (χ1v) is 11.2. The number of aryl methyl sites for hydroxylation is 2. The van der Waals surface area contributed by atoms with Gasteiger partial charge in [-0.15, -0.1) is 0 Å². The fourth-order valence-electron chi connectivity index (χ4n) is 4.77. The molecule has 7 nitrogen and oxygen atoms in total. The van der Waals surface area contributed by atoms with Crippen molar-refractivity contribution in [2.45, 2.75) is 40.2 Å². The van der Waals surface area contributed by atoms with E-state index in [0.717, 1.165) is 77.3 Å². The van der Waals surface area contributed by atoms with Gasteiger partial charge in [0.25, 0.3) is 0 Å². The number of benzene rings is 1. The fourth-order valence-corrected chi connectivity index (χ4v) is 4.77. The third-order valence-corrected chi connectivity index (χ3v) is 6.73. The summed E-state index contributed by atoms with van der Waals surface area (Å²) in [5, 5.41) is 13.4. The number of aromatic carboxylic acids is 1. The van der Waals surface area contributed by atoms with E-state index in [9.17, 15) is 9.90 Å². The van der Waals surface area contributed by atoms with Crippen LogP contribution in [-0.4, -0.2) is 39.0 Å². The molecule has 33 heavy (non-hydrogen) atoms. The number of rotatable bonds is 5. The number of pyridine rings is 1. The van der Waals surface area contributed by atoms with E-state index in [2.05, 4.69) is 28.9 Å². The van der Waals surface area contributed by atoms with Crippen LogP contribution in [0.15, 0.2) is 47.2 Å². The maximum atomic E-state index is 11.3. The van der Waals surface area contributed by atoms with Gasteiger partial charge in [0.2, 0.25) is 0 Å². The van der Waals surface area contributed by atoms with Crippen LogP contribution in [0, 0.1) is 19.3 Å². The van der Waals surface area contributed by atoms with Gasteiger partial charge in [-0.3, -0.25) is 4.98 Å². The van der Waals surface area contributed by atoms with Crippen LogP contribution >= 0.6 is 0 Å². The van der Waals surface area contributed by atoms with Gasteiger partial charge in [0.1, 0.15) is 5.76 Å². The van der Waals surface area contributed by atoms with Crippen molar-refractivity contribution in [3.05, 3.63) is 59.7 Å². The van der Waals surface area contributed by atoms with Crippen LogP contribution < -0.4 is 0 Å². The molecule has 0 radical (unpaired) electrons. The van der Waals surface area contributed by atoms with Crippen molar-refractivity contribution in [2.75, 3.05) is 13.2 Å². The zero-order valence-electron chi connectivity index (χ0n) is 19.1. The fraction of sp³-hybridized carbons (Fsp3) is 0.346. The Morgan fingerprint density at radius 1 is 1.15 bits per heavy atom. The van der Waals surface area contributed by atoms with Gasteiger partial charge in [-0.25, -0.2) is 4.79 Å². The smallest absolute Gasteiger partial charge is 0.335 e. The normalized spacial score (nSPS) is 15.7. The highest BCUT2D eigenvalue weighted by molar-refractivity contribution is 5.96. The van der Waals surface area contributed by atoms with Crippen LogP contribution in [0.1, 0.15) is 41.6 Å². The van der Waals surface area contributed by atoms with Gasteiger partial charge in [0.05, 0.1) is 22.3 Å². The van der Waals surface area contributed by atoms with Crippen LogP contribution in [-0.2, 0) is 11.3 Å². The minimum atomic E-state index is -0.932. The minimum absolute atomic E-state index is 0.133. The van der Waals surface area contributed by atoms with Gasteiger partial charge in [-0.1, -0.05) is 24.2 Å². The van der Waals surface area contributed by atoms with Gasteiger partial charge >= 0.3 is 5.97 Å². The highest BCUT2D eigenvalue weighted by atomic mass is 16.5. The van der Waals surface area contributed by atoms with Crippen molar-refractivity contribution in [1.82, 2.24) is 14.7 Å². The Hall–Kier alpha value is -3.45. The number of fused-ring (bicyclic) bond motifs is 1. The third kappa shape index (κ3) is 3.93. The summed E-state index contributed by atoms with van der Waals surface area (Å²) in [6.45, 7) is 8.58. The zero-order valence-corrected chi connectivity index (χ0v) is 19.1. The molecular formula is C26H27N3O4. The predicted molar refractivity (Wildman–Crippen MR) is 125 cm³/mol. The first kappa shape index (κ1) is 21.4. The second kappa shape index (κ2) is 8.15. The molecule has 0 saturated carbocycles. The summed E-state index contributed by atoms with van der Waals surface area (Å²) in [5.74, 6) is -0.161. The molecule has 1 aliphatic rings. The molecule has 170 valence electrons. The van der Waals surface area contributed by atoms with Crippen LogP contribution in [0.25, 0.3) is 33.3 Å². The van der Waals surface area contributed by atoms with Crippen molar-refractivity contribution in [1.29, 1.82) is 0 Å². The summed E-state index contributed by atoms with van der Waals surface area (Å²) < 4.78 is 13.3. The molecule has 3 aromatic heterocycles. The molecule has 7 heteroatoms. The van der Waals surface area contributed by atoms with Crippen molar-refractivity contribution >= 4 is 17.0 Å². The Labute approximate surface area is 192 Å². The Balaban J connectivity index is 1.65. The standard InChI is InChI=1S/C26H27N3O4/c1-16-23(17(2)33-28-16)20-12-22-24(27-13-20)21(18-4-6-19(7-5-18)25(30)31)14-29(22)15-26(3)8-10-32-11-9-26/h4-7,12-14H,8-11,15H2,1-3H3,(H,30,31). The average molecular weight is 446 g/mol. The molecule has 0 spiro atoms. The number of aromatic nitrogens is 3. The molecule has 4 heterocycles. The average Bonchev–Trinajstić information content (AvgIpc) is 3.33. The number of ether oxygens (including phenoxy) is 1. The van der Waals surface area contributed by atoms with E-state index in [1.807, 2.05) is 32.2 Å². The molecule has 1 N–H and O–H groups in total. The Bertz CT molecular complexity index is 1310. The highest BCUT2D eigenvalue weighted by Crippen LogP contribution is 2.38. The van der Waals surface area contributed by atoms with Crippen molar-refractivity contribution in [3.63, 3.8) is 0 Å². The van der Waals surface area contributed by atoms with Crippen LogP contribution in [0.4, 0.5) is 0 Å². The van der Waals surface area contributed by atoms with Crippen LogP contribution in [0.2, 0.25) is 0 Å². The molecule has 1 aromatic carbocycles. The maximum absolute atomic E-state index is 11.3. The van der Waals surface area contributed by atoms with E-state index in [-0.39, 0.29) is 11.0 Å². The van der Waals surface area contributed by atoms with E-state index >= 15 is 0 Å². The van der Waals surface area contributed by atoms with Crippen molar-refractivity contribution in [3.8, 4) is 22.3 Å². The highest BCUT2D eigenvalue weighted by Gasteiger charge is 2.29. The topological polar surface area (TPSA) is 90.4 Å². The third-order valence-electron chi connectivity index (χ3n) is 6.73. The molecule has 0 bridgehead atoms. The number of hydrogen-bond acceptors (Lipinski definition) is 5. The lowest BCUT2D eigenvalue weighted by Crippen LogP contribution is -2.30. The van der Waals surface area contributed by atoms with Crippen molar-refractivity contribution in [2.24, 2.45) is 5.41 Å². The zero-order chi connectivity index (χ0) is 23.2. The molecule has 4 aromatic rings. The predicted octanol–water partition coefficient (Wildman–Crippen LogP) is 5.49. The van der Waals surface area contributed by atoms with E-state index in [1.54, 1.807) is 12.1 Å². The largest absolute Gasteiger partial charge is 0.478 e. The Morgan fingerprint density at radius 2 is 1.88 bits per heavy atom. The van der Waals surface area contributed by atoms with E-state index in [1.165, 1.54) is 0 Å². The van der Waals surface area contributed by atoms with Gasteiger partial charge in [0.15, 0.2) is 0 Å². The van der Waals surface area contributed by atoms with Gasteiger partial charge in [-0.05, 0) is 55.9 Å². The number of carboxylic acid groups (broad SMARTS) is 1. The van der Waals surface area contributed by atoms with E-state index < -0.39 is 5.97 Å². The lowest BCUT2D eigenvalue weighted by Gasteiger charge is -2.34. The van der Waals surface area contributed by atoms with Crippen LogP contribution in [0.3, 0.4) is 0 Å². The van der Waals surface area contributed by atoms with Crippen molar-refractivity contribution < 1.29 is 19.2 Å². The first-order valence-electron chi connectivity index (χ1n) is 11.2. The summed E-state index contributed by atoms with van der Waals surface area (Å²) in [6.07, 6.45) is 6.02. The molecule has 0 atom stereocenters. The number of carbonyl (C=O) groups is 1. The summed E-state index contributed by atoms with van der Waals surface area (Å²) in [4.78, 5) is 16.1. The summed E-state index contributed by atoms with van der Waals surface area (Å²) >= 11 is 0.